The normalized spacial score (nSPS) is 13.2. The molecule has 0 saturated heterocycles. The highest BCUT2D eigenvalue weighted by atomic mass is 19.4. The van der Waals surface area contributed by atoms with Crippen molar-refractivity contribution < 1.29 is 23.1 Å². The van der Waals surface area contributed by atoms with Crippen molar-refractivity contribution in [3.8, 4) is 17.2 Å². The summed E-state index contributed by atoms with van der Waals surface area (Å²) in [7, 11) is 0. The highest BCUT2D eigenvalue weighted by molar-refractivity contribution is 5.96. The summed E-state index contributed by atoms with van der Waals surface area (Å²) >= 11 is 0. The molecule has 0 radical (unpaired) electrons. The second kappa shape index (κ2) is 9.38. The number of alkyl halides is 3. The number of nitrogens with zero attached hydrogens (tertiary/aromatic N) is 3. The SMILES string of the molecule is Cc1ccc(-c2cc(C(=O)N[C@H](C)c3cnc(C)nc3)cc(C(O)C(F)(F)F)c2)c(C#N)c1. The molecule has 2 N–H and O–H groups in total. The van der Waals surface area contributed by atoms with E-state index in [0.29, 0.717) is 17.0 Å². The molecular weight excluding hydrogens is 433 g/mol. The van der Waals surface area contributed by atoms with E-state index >= 15 is 0 Å². The maximum absolute atomic E-state index is 13.2. The Labute approximate surface area is 188 Å². The second-order valence-electron chi connectivity index (χ2n) is 7.71. The molecule has 2 aromatic carbocycles. The van der Waals surface area contributed by atoms with E-state index in [1.54, 1.807) is 51.4 Å². The summed E-state index contributed by atoms with van der Waals surface area (Å²) in [5.74, 6) is -0.0895. The summed E-state index contributed by atoms with van der Waals surface area (Å²) in [5, 5.41) is 22.0. The summed E-state index contributed by atoms with van der Waals surface area (Å²) in [4.78, 5) is 21.1. The van der Waals surface area contributed by atoms with Gasteiger partial charge in [-0.2, -0.15) is 18.4 Å². The van der Waals surface area contributed by atoms with Gasteiger partial charge in [0.05, 0.1) is 17.7 Å². The van der Waals surface area contributed by atoms with Crippen molar-refractivity contribution in [1.29, 1.82) is 5.26 Å². The number of hydrogen-bond acceptors (Lipinski definition) is 5. The van der Waals surface area contributed by atoms with Crippen LogP contribution in [-0.2, 0) is 0 Å². The number of nitrogens with one attached hydrogen (secondary N) is 1. The van der Waals surface area contributed by atoms with E-state index in [0.717, 1.165) is 17.7 Å². The number of amides is 1. The first-order valence-electron chi connectivity index (χ1n) is 10.00. The van der Waals surface area contributed by atoms with Gasteiger partial charge in [-0.05, 0) is 67.3 Å². The fraction of sp³-hybridized carbons (Fsp3) is 0.250. The Morgan fingerprint density at radius 3 is 2.36 bits per heavy atom. The minimum atomic E-state index is -4.93. The van der Waals surface area contributed by atoms with Gasteiger partial charge in [0.1, 0.15) is 5.82 Å². The summed E-state index contributed by atoms with van der Waals surface area (Å²) in [6.07, 6.45) is -4.62. The predicted octanol–water partition coefficient (Wildman–Crippen LogP) is 4.72. The number of aryl methyl sites for hydroxylation is 2. The van der Waals surface area contributed by atoms with Crippen LogP contribution < -0.4 is 5.32 Å². The highest BCUT2D eigenvalue weighted by Crippen LogP contribution is 2.36. The molecule has 6 nitrogen and oxygen atoms in total. The molecule has 0 aliphatic carbocycles. The highest BCUT2D eigenvalue weighted by Gasteiger charge is 2.40. The van der Waals surface area contributed by atoms with Crippen molar-refractivity contribution in [3.05, 3.63) is 82.4 Å². The Kier molecular flexibility index (Phi) is 6.79. The lowest BCUT2D eigenvalue weighted by Gasteiger charge is -2.19. The van der Waals surface area contributed by atoms with Crippen LogP contribution in [0.3, 0.4) is 0 Å². The topological polar surface area (TPSA) is 98.9 Å². The Hall–Kier alpha value is -3.77. The number of carbonyl (C=O) groups is 1. The molecule has 3 aromatic rings. The molecule has 1 unspecified atom stereocenters. The summed E-state index contributed by atoms with van der Waals surface area (Å²) in [6.45, 7) is 5.19. The van der Waals surface area contributed by atoms with E-state index in [1.165, 1.54) is 6.07 Å². The second-order valence-corrected chi connectivity index (χ2v) is 7.71. The lowest BCUT2D eigenvalue weighted by Crippen LogP contribution is -2.27. The quantitative estimate of drug-likeness (QED) is 0.581. The minimum absolute atomic E-state index is 0.0878. The number of aliphatic hydroxyl groups is 1. The van der Waals surface area contributed by atoms with Crippen molar-refractivity contribution >= 4 is 5.91 Å². The van der Waals surface area contributed by atoms with Crippen LogP contribution >= 0.6 is 0 Å². The molecule has 0 spiro atoms. The van der Waals surface area contributed by atoms with E-state index in [2.05, 4.69) is 15.3 Å². The van der Waals surface area contributed by atoms with Gasteiger partial charge in [0.25, 0.3) is 5.91 Å². The molecular formula is C24H21F3N4O2. The Bertz CT molecular complexity index is 1220. The molecule has 33 heavy (non-hydrogen) atoms. The molecule has 1 heterocycles. The van der Waals surface area contributed by atoms with E-state index in [9.17, 15) is 28.3 Å². The first kappa shape index (κ1) is 23.9. The zero-order valence-electron chi connectivity index (χ0n) is 18.1. The van der Waals surface area contributed by atoms with Gasteiger partial charge in [-0.25, -0.2) is 9.97 Å². The van der Waals surface area contributed by atoms with Crippen LogP contribution in [-0.4, -0.2) is 27.2 Å². The number of benzene rings is 2. The number of aromatic nitrogens is 2. The van der Waals surface area contributed by atoms with E-state index in [-0.39, 0.29) is 16.7 Å². The van der Waals surface area contributed by atoms with Crippen LogP contribution in [0.1, 0.15) is 57.5 Å². The van der Waals surface area contributed by atoms with Crippen molar-refractivity contribution in [2.24, 2.45) is 0 Å². The van der Waals surface area contributed by atoms with Gasteiger partial charge >= 0.3 is 6.18 Å². The lowest BCUT2D eigenvalue weighted by molar-refractivity contribution is -0.206. The molecule has 1 aromatic heterocycles. The van der Waals surface area contributed by atoms with Crippen LogP contribution in [0, 0.1) is 25.2 Å². The fourth-order valence-electron chi connectivity index (χ4n) is 3.28. The molecule has 3 rings (SSSR count). The molecule has 1 amide bonds. The van der Waals surface area contributed by atoms with Crippen molar-refractivity contribution in [1.82, 2.24) is 15.3 Å². The van der Waals surface area contributed by atoms with Gasteiger partial charge in [0.2, 0.25) is 0 Å². The largest absolute Gasteiger partial charge is 0.418 e. The van der Waals surface area contributed by atoms with E-state index in [4.69, 9.17) is 0 Å². The zero-order chi connectivity index (χ0) is 24.3. The van der Waals surface area contributed by atoms with Crippen molar-refractivity contribution in [2.75, 3.05) is 0 Å². The van der Waals surface area contributed by atoms with E-state index in [1.807, 2.05) is 6.07 Å². The van der Waals surface area contributed by atoms with Crippen LogP contribution in [0.4, 0.5) is 13.2 Å². The number of carbonyl (C=O) groups excluding carboxylic acids is 1. The third-order valence-electron chi connectivity index (χ3n) is 5.10. The van der Waals surface area contributed by atoms with Crippen molar-refractivity contribution in [2.45, 2.75) is 39.1 Å². The first-order chi connectivity index (χ1) is 15.5. The number of rotatable bonds is 5. The fourth-order valence-corrected chi connectivity index (χ4v) is 3.28. The van der Waals surface area contributed by atoms with Gasteiger partial charge < -0.3 is 10.4 Å². The van der Waals surface area contributed by atoms with Crippen molar-refractivity contribution in [3.63, 3.8) is 0 Å². The van der Waals surface area contributed by atoms with Gasteiger partial charge in [0, 0.05) is 23.5 Å². The first-order valence-corrected chi connectivity index (χ1v) is 10.00. The summed E-state index contributed by atoms with van der Waals surface area (Å²) < 4.78 is 39.7. The van der Waals surface area contributed by atoms with E-state index < -0.39 is 29.8 Å². The molecule has 0 fully saturated rings. The molecule has 2 atom stereocenters. The average molecular weight is 454 g/mol. The zero-order valence-corrected chi connectivity index (χ0v) is 18.1. The number of hydrogen-bond donors (Lipinski definition) is 2. The lowest BCUT2D eigenvalue weighted by atomic mass is 9.93. The van der Waals surface area contributed by atoms with Gasteiger partial charge in [-0.15, -0.1) is 0 Å². The predicted molar refractivity (Wildman–Crippen MR) is 115 cm³/mol. The Morgan fingerprint density at radius 1 is 1.09 bits per heavy atom. The molecule has 0 bridgehead atoms. The average Bonchev–Trinajstić information content (AvgIpc) is 2.77. The smallest absolute Gasteiger partial charge is 0.379 e. The third kappa shape index (κ3) is 5.54. The number of aliphatic hydroxyl groups excluding tert-OH is 1. The van der Waals surface area contributed by atoms with Gasteiger partial charge in [-0.3, -0.25) is 4.79 Å². The maximum Gasteiger partial charge on any atom is 0.418 e. The Morgan fingerprint density at radius 2 is 1.76 bits per heavy atom. The van der Waals surface area contributed by atoms with Crippen LogP contribution in [0.2, 0.25) is 0 Å². The molecule has 9 heteroatoms. The van der Waals surface area contributed by atoms with Gasteiger partial charge in [0.15, 0.2) is 6.10 Å². The Balaban J connectivity index is 2.05. The number of nitriles is 1. The van der Waals surface area contributed by atoms with Crippen LogP contribution in [0.25, 0.3) is 11.1 Å². The summed E-state index contributed by atoms with van der Waals surface area (Å²) in [6, 6.07) is 9.93. The molecule has 170 valence electrons. The van der Waals surface area contributed by atoms with Crippen LogP contribution in [0.5, 0.6) is 0 Å². The summed E-state index contributed by atoms with van der Waals surface area (Å²) in [5.41, 5.74) is 1.64. The standard InChI is InChI=1S/C24H21F3N4O2/c1-13-4-5-21(19(6-13)10-28)16-7-17(22(32)24(25,26)27)9-18(8-16)23(33)31-14(2)20-11-29-15(3)30-12-20/h4-9,11-12,14,22,32H,1-3H3,(H,31,33)/t14-,22?/m1/s1. The minimum Gasteiger partial charge on any atom is -0.379 e. The monoisotopic (exact) mass is 454 g/mol. The molecule has 0 aliphatic heterocycles. The third-order valence-corrected chi connectivity index (χ3v) is 5.10. The molecule has 0 aliphatic rings. The van der Waals surface area contributed by atoms with Gasteiger partial charge in [-0.1, -0.05) is 12.1 Å². The van der Waals surface area contributed by atoms with Crippen LogP contribution in [0.15, 0.2) is 48.8 Å². The number of halogens is 3. The molecule has 0 saturated carbocycles. The maximum atomic E-state index is 13.2.